The molecular weight excluding hydrogens is 208 g/mol. The van der Waals surface area contributed by atoms with Crippen LogP contribution in [0.4, 0.5) is 0 Å². The average Bonchev–Trinajstić information content (AvgIpc) is 2.65. The molecule has 1 fully saturated rings. The maximum absolute atomic E-state index is 9.68. The Hall–Kier alpha value is -0.670. The van der Waals surface area contributed by atoms with Crippen molar-refractivity contribution in [2.75, 3.05) is 6.26 Å². The molecule has 0 saturated heterocycles. The van der Waals surface area contributed by atoms with Crippen molar-refractivity contribution in [3.63, 3.8) is 0 Å². The molecule has 0 radical (unpaired) electrons. The van der Waals surface area contributed by atoms with Crippen LogP contribution in [0, 0.1) is 0 Å². The summed E-state index contributed by atoms with van der Waals surface area (Å²) in [4.78, 5) is 1.14. The molecule has 82 valence electrons. The molecule has 2 unspecified atom stereocenters. The number of hydrogen-bond acceptors (Lipinski definition) is 3. The van der Waals surface area contributed by atoms with Gasteiger partial charge in [0.15, 0.2) is 0 Å². The zero-order valence-corrected chi connectivity index (χ0v) is 9.67. The van der Waals surface area contributed by atoms with Gasteiger partial charge in [-0.15, -0.1) is 11.8 Å². The van der Waals surface area contributed by atoms with E-state index >= 15 is 0 Å². The molecule has 2 atom stereocenters. The molecule has 1 aliphatic carbocycles. The van der Waals surface area contributed by atoms with Crippen molar-refractivity contribution in [1.82, 2.24) is 0 Å². The topological polar surface area (TPSA) is 29.5 Å². The molecule has 1 aromatic rings. The van der Waals surface area contributed by atoms with E-state index < -0.39 is 0 Å². The Labute approximate surface area is 94.6 Å². The fraction of sp³-hybridized carbons (Fsp3) is 0.500. The van der Waals surface area contributed by atoms with Gasteiger partial charge in [0.25, 0.3) is 0 Å². The van der Waals surface area contributed by atoms with Gasteiger partial charge in [0, 0.05) is 4.90 Å². The van der Waals surface area contributed by atoms with Gasteiger partial charge in [-0.2, -0.15) is 0 Å². The quantitative estimate of drug-likeness (QED) is 0.800. The van der Waals surface area contributed by atoms with Crippen LogP contribution in [0.25, 0.3) is 0 Å². The minimum absolute atomic E-state index is 0.0155. The predicted octanol–water partition coefficient (Wildman–Crippen LogP) is 2.70. The van der Waals surface area contributed by atoms with Gasteiger partial charge in [-0.1, -0.05) is 12.1 Å². The second-order valence-electron chi connectivity index (χ2n) is 3.81. The molecule has 3 heteroatoms. The molecule has 0 amide bonds. The van der Waals surface area contributed by atoms with Gasteiger partial charge >= 0.3 is 0 Å². The Kier molecular flexibility index (Phi) is 3.54. The standard InChI is InChI=1S/C12H16O2S/c1-15-12-8-3-2-6-11(12)14-10-7-4-5-9(10)13/h2-3,6,8-10,13H,4-5,7H2,1H3. The van der Waals surface area contributed by atoms with Gasteiger partial charge in [0.1, 0.15) is 11.9 Å². The fourth-order valence-corrected chi connectivity index (χ4v) is 2.46. The van der Waals surface area contributed by atoms with Crippen LogP contribution < -0.4 is 4.74 Å². The molecule has 0 bridgehead atoms. The van der Waals surface area contributed by atoms with Crippen LogP contribution in [0.15, 0.2) is 29.2 Å². The van der Waals surface area contributed by atoms with Crippen molar-refractivity contribution in [3.05, 3.63) is 24.3 Å². The van der Waals surface area contributed by atoms with Crippen LogP contribution in [-0.2, 0) is 0 Å². The van der Waals surface area contributed by atoms with Crippen LogP contribution in [0.3, 0.4) is 0 Å². The summed E-state index contributed by atoms with van der Waals surface area (Å²) in [5, 5.41) is 9.68. The zero-order valence-electron chi connectivity index (χ0n) is 8.85. The maximum Gasteiger partial charge on any atom is 0.133 e. The van der Waals surface area contributed by atoms with Crippen LogP contribution in [0.2, 0.25) is 0 Å². The van der Waals surface area contributed by atoms with Crippen LogP contribution in [-0.4, -0.2) is 23.6 Å². The van der Waals surface area contributed by atoms with E-state index in [4.69, 9.17) is 4.74 Å². The van der Waals surface area contributed by atoms with Crippen LogP contribution in [0.1, 0.15) is 19.3 Å². The van der Waals surface area contributed by atoms with E-state index in [1.54, 1.807) is 11.8 Å². The summed E-state index contributed by atoms with van der Waals surface area (Å²) in [5.74, 6) is 0.899. The highest BCUT2D eigenvalue weighted by Crippen LogP contribution is 2.31. The third-order valence-corrected chi connectivity index (χ3v) is 3.54. The first-order valence-electron chi connectivity index (χ1n) is 5.29. The summed E-state index contributed by atoms with van der Waals surface area (Å²) < 4.78 is 5.84. The molecule has 2 rings (SSSR count). The second kappa shape index (κ2) is 4.90. The van der Waals surface area contributed by atoms with Gasteiger partial charge in [-0.3, -0.25) is 0 Å². The highest BCUT2D eigenvalue weighted by molar-refractivity contribution is 7.98. The fourth-order valence-electron chi connectivity index (χ4n) is 1.92. The van der Waals surface area contributed by atoms with Crippen LogP contribution in [0.5, 0.6) is 5.75 Å². The zero-order chi connectivity index (χ0) is 10.7. The lowest BCUT2D eigenvalue weighted by Gasteiger charge is -2.18. The predicted molar refractivity (Wildman–Crippen MR) is 62.5 cm³/mol. The summed E-state index contributed by atoms with van der Waals surface area (Å²) in [6, 6.07) is 7.98. The summed E-state index contributed by atoms with van der Waals surface area (Å²) in [6.45, 7) is 0. The van der Waals surface area contributed by atoms with E-state index in [0.717, 1.165) is 29.9 Å². The van der Waals surface area contributed by atoms with Gasteiger partial charge in [-0.05, 0) is 37.7 Å². The number of para-hydroxylation sites is 1. The van der Waals surface area contributed by atoms with Crippen molar-refractivity contribution >= 4 is 11.8 Å². The first-order valence-corrected chi connectivity index (χ1v) is 6.51. The van der Waals surface area contributed by atoms with Crippen molar-refractivity contribution in [2.45, 2.75) is 36.4 Å². The normalized spacial score (nSPS) is 25.5. The van der Waals surface area contributed by atoms with E-state index in [2.05, 4.69) is 0 Å². The Morgan fingerprint density at radius 2 is 2.13 bits per heavy atom. The second-order valence-corrected chi connectivity index (χ2v) is 4.65. The molecule has 0 spiro atoms. The Bertz CT molecular complexity index is 327. The van der Waals surface area contributed by atoms with E-state index in [1.165, 1.54) is 0 Å². The number of aliphatic hydroxyl groups is 1. The van der Waals surface area contributed by atoms with Gasteiger partial charge in [0.05, 0.1) is 6.10 Å². The SMILES string of the molecule is CSc1ccccc1OC1CCCC1O. The third-order valence-electron chi connectivity index (χ3n) is 2.77. The van der Waals surface area contributed by atoms with Crippen molar-refractivity contribution in [3.8, 4) is 5.75 Å². The van der Waals surface area contributed by atoms with Gasteiger partial charge in [0.2, 0.25) is 0 Å². The van der Waals surface area contributed by atoms with Crippen LogP contribution >= 0.6 is 11.8 Å². The molecule has 1 saturated carbocycles. The van der Waals surface area contributed by atoms with Crippen molar-refractivity contribution in [1.29, 1.82) is 0 Å². The lowest BCUT2D eigenvalue weighted by Crippen LogP contribution is -2.25. The number of benzene rings is 1. The largest absolute Gasteiger partial charge is 0.487 e. The third kappa shape index (κ3) is 2.47. The highest BCUT2D eigenvalue weighted by atomic mass is 32.2. The first-order chi connectivity index (χ1) is 7.31. The Morgan fingerprint density at radius 1 is 1.33 bits per heavy atom. The summed E-state index contributed by atoms with van der Waals surface area (Å²) in [5.41, 5.74) is 0. The smallest absolute Gasteiger partial charge is 0.133 e. The van der Waals surface area contributed by atoms with E-state index in [1.807, 2.05) is 30.5 Å². The summed E-state index contributed by atoms with van der Waals surface area (Å²) >= 11 is 1.67. The molecule has 0 aromatic heterocycles. The summed E-state index contributed by atoms with van der Waals surface area (Å²) in [7, 11) is 0. The number of hydrogen-bond donors (Lipinski definition) is 1. The Morgan fingerprint density at radius 3 is 2.80 bits per heavy atom. The van der Waals surface area contributed by atoms with E-state index in [-0.39, 0.29) is 12.2 Å². The molecule has 1 aliphatic rings. The molecular formula is C12H16O2S. The monoisotopic (exact) mass is 224 g/mol. The number of thioether (sulfide) groups is 1. The van der Waals surface area contributed by atoms with Crippen molar-refractivity contribution < 1.29 is 9.84 Å². The molecule has 0 aliphatic heterocycles. The van der Waals surface area contributed by atoms with Gasteiger partial charge < -0.3 is 9.84 Å². The lowest BCUT2D eigenvalue weighted by molar-refractivity contribution is 0.0586. The number of aliphatic hydroxyl groups excluding tert-OH is 1. The highest BCUT2D eigenvalue weighted by Gasteiger charge is 2.27. The van der Waals surface area contributed by atoms with E-state index in [9.17, 15) is 5.11 Å². The molecule has 15 heavy (non-hydrogen) atoms. The molecule has 0 heterocycles. The van der Waals surface area contributed by atoms with Gasteiger partial charge in [-0.25, -0.2) is 0 Å². The molecule has 1 N–H and O–H groups in total. The number of rotatable bonds is 3. The Balaban J connectivity index is 2.09. The summed E-state index contributed by atoms with van der Waals surface area (Å²) in [6.07, 6.45) is 4.62. The average molecular weight is 224 g/mol. The molecule has 2 nitrogen and oxygen atoms in total. The van der Waals surface area contributed by atoms with E-state index in [0.29, 0.717) is 0 Å². The molecule has 1 aromatic carbocycles. The minimum Gasteiger partial charge on any atom is -0.487 e. The minimum atomic E-state index is -0.292. The first kappa shape index (κ1) is 10.8. The van der Waals surface area contributed by atoms with Crippen molar-refractivity contribution in [2.24, 2.45) is 0 Å². The number of ether oxygens (including phenoxy) is 1. The lowest BCUT2D eigenvalue weighted by atomic mass is 10.2. The maximum atomic E-state index is 9.68.